The maximum absolute atomic E-state index is 12.6. The minimum atomic E-state index is -0.370. The highest BCUT2D eigenvalue weighted by Gasteiger charge is 2.18. The number of hydrogen-bond donors (Lipinski definition) is 2. The molecule has 3 aromatic rings. The Hall–Kier alpha value is -2.80. The van der Waals surface area contributed by atoms with Gasteiger partial charge in [-0.3, -0.25) is 4.79 Å². The van der Waals surface area contributed by atoms with Gasteiger partial charge >= 0.3 is 0 Å². The van der Waals surface area contributed by atoms with E-state index in [2.05, 4.69) is 20.6 Å². The van der Waals surface area contributed by atoms with Gasteiger partial charge in [-0.25, -0.2) is 9.97 Å². The minimum absolute atomic E-state index is 0.133. The summed E-state index contributed by atoms with van der Waals surface area (Å²) in [5, 5.41) is 7.33. The Bertz CT molecular complexity index is 948. The van der Waals surface area contributed by atoms with Crippen LogP contribution in [0.15, 0.2) is 53.7 Å². The van der Waals surface area contributed by atoms with Gasteiger partial charge in [0.25, 0.3) is 0 Å². The predicted octanol–water partition coefficient (Wildman–Crippen LogP) is 4.19. The quantitative estimate of drug-likeness (QED) is 0.471. The number of thioether (sulfide) groups is 1. The second kappa shape index (κ2) is 8.73. The highest BCUT2D eigenvalue weighted by atomic mass is 32.2. The third-order valence-corrected chi connectivity index (χ3v) is 4.90. The van der Waals surface area contributed by atoms with Crippen LogP contribution in [-0.4, -0.2) is 34.8 Å². The summed E-state index contributed by atoms with van der Waals surface area (Å²) >= 11 is 1.32. The molecular weight excluding hydrogens is 360 g/mol. The van der Waals surface area contributed by atoms with Crippen molar-refractivity contribution in [2.45, 2.75) is 24.3 Å². The molecule has 0 spiro atoms. The Morgan fingerprint density at radius 3 is 2.67 bits per heavy atom. The minimum Gasteiger partial charge on any atom is -0.495 e. The van der Waals surface area contributed by atoms with Crippen molar-refractivity contribution in [1.82, 2.24) is 9.97 Å². The van der Waals surface area contributed by atoms with Crippen molar-refractivity contribution in [3.63, 3.8) is 0 Å². The lowest BCUT2D eigenvalue weighted by molar-refractivity contribution is -0.115. The smallest absolute Gasteiger partial charge is 0.237 e. The van der Waals surface area contributed by atoms with Gasteiger partial charge in [-0.2, -0.15) is 0 Å². The third kappa shape index (κ3) is 4.49. The highest BCUT2D eigenvalue weighted by molar-refractivity contribution is 8.00. The monoisotopic (exact) mass is 382 g/mol. The number of rotatable bonds is 7. The number of para-hydroxylation sites is 3. The van der Waals surface area contributed by atoms with Crippen LogP contribution in [0.4, 0.5) is 11.5 Å². The van der Waals surface area contributed by atoms with Gasteiger partial charge in [0, 0.05) is 11.9 Å². The lowest BCUT2D eigenvalue weighted by Crippen LogP contribution is -2.23. The topological polar surface area (TPSA) is 76.1 Å². The van der Waals surface area contributed by atoms with E-state index >= 15 is 0 Å². The molecule has 6 nitrogen and oxygen atoms in total. The maximum Gasteiger partial charge on any atom is 0.237 e. The number of anilines is 2. The summed E-state index contributed by atoms with van der Waals surface area (Å²) in [7, 11) is 1.58. The molecule has 7 heteroatoms. The van der Waals surface area contributed by atoms with Crippen LogP contribution >= 0.6 is 11.8 Å². The number of carbonyl (C=O) groups is 1. The van der Waals surface area contributed by atoms with Crippen molar-refractivity contribution in [3.05, 3.63) is 48.5 Å². The Morgan fingerprint density at radius 1 is 1.15 bits per heavy atom. The number of carbonyl (C=O) groups excluding carboxylic acids is 1. The zero-order valence-electron chi connectivity index (χ0n) is 15.5. The van der Waals surface area contributed by atoms with Gasteiger partial charge in [-0.1, -0.05) is 36.0 Å². The number of aromatic nitrogens is 2. The Labute approximate surface area is 162 Å². The standard InChI is InChI=1S/C20H22N4O2S/c1-4-21-18-14-9-5-6-10-15(14)23-20(24-18)27-13(2)19(25)22-16-11-7-8-12-17(16)26-3/h5-13H,4H2,1-3H3,(H,22,25)(H,21,23,24). The molecule has 3 rings (SSSR count). The van der Waals surface area contributed by atoms with E-state index in [4.69, 9.17) is 4.74 Å². The number of nitrogens with one attached hydrogen (secondary N) is 2. The third-order valence-electron chi connectivity index (χ3n) is 3.94. The summed E-state index contributed by atoms with van der Waals surface area (Å²) in [6.07, 6.45) is 0. The number of benzene rings is 2. The summed E-state index contributed by atoms with van der Waals surface area (Å²) in [5.41, 5.74) is 1.49. The van der Waals surface area contributed by atoms with E-state index < -0.39 is 0 Å². The zero-order chi connectivity index (χ0) is 19.2. The van der Waals surface area contributed by atoms with Crippen LogP contribution in [0.2, 0.25) is 0 Å². The van der Waals surface area contributed by atoms with E-state index in [9.17, 15) is 4.79 Å². The van der Waals surface area contributed by atoms with Crippen LogP contribution in [0.1, 0.15) is 13.8 Å². The second-order valence-corrected chi connectivity index (χ2v) is 7.16. The van der Waals surface area contributed by atoms with E-state index in [0.29, 0.717) is 16.6 Å². The largest absolute Gasteiger partial charge is 0.495 e. The van der Waals surface area contributed by atoms with Crippen LogP contribution in [-0.2, 0) is 4.79 Å². The van der Waals surface area contributed by atoms with E-state index in [1.165, 1.54) is 11.8 Å². The fraction of sp³-hybridized carbons (Fsp3) is 0.250. The molecule has 0 aliphatic rings. The number of nitrogens with zero attached hydrogens (tertiary/aromatic N) is 2. The predicted molar refractivity (Wildman–Crippen MR) is 111 cm³/mol. The molecular formula is C20H22N4O2S. The van der Waals surface area contributed by atoms with Crippen molar-refractivity contribution in [2.75, 3.05) is 24.3 Å². The van der Waals surface area contributed by atoms with Gasteiger partial charge in [0.2, 0.25) is 5.91 Å². The SMILES string of the molecule is CCNc1nc(SC(C)C(=O)Nc2ccccc2OC)nc2ccccc12. The van der Waals surface area contributed by atoms with Crippen LogP contribution in [0, 0.1) is 0 Å². The van der Waals surface area contributed by atoms with Gasteiger partial charge in [0.15, 0.2) is 5.16 Å². The number of fused-ring (bicyclic) bond motifs is 1. The fourth-order valence-electron chi connectivity index (χ4n) is 2.60. The van der Waals surface area contributed by atoms with Crippen molar-refractivity contribution < 1.29 is 9.53 Å². The van der Waals surface area contributed by atoms with Gasteiger partial charge in [-0.05, 0) is 38.1 Å². The van der Waals surface area contributed by atoms with Gasteiger partial charge in [0.1, 0.15) is 11.6 Å². The van der Waals surface area contributed by atoms with E-state index in [1.807, 2.05) is 62.4 Å². The molecule has 1 atom stereocenters. The fourth-order valence-corrected chi connectivity index (χ4v) is 3.38. The molecule has 140 valence electrons. The first-order chi connectivity index (χ1) is 13.1. The average Bonchev–Trinajstić information content (AvgIpc) is 2.68. The van der Waals surface area contributed by atoms with E-state index in [0.717, 1.165) is 23.3 Å². The molecule has 0 aliphatic heterocycles. The summed E-state index contributed by atoms with van der Waals surface area (Å²) in [5.74, 6) is 1.27. The number of hydrogen-bond acceptors (Lipinski definition) is 6. The molecule has 0 saturated carbocycles. The summed E-state index contributed by atoms with van der Waals surface area (Å²) in [4.78, 5) is 21.8. The molecule has 0 bridgehead atoms. The van der Waals surface area contributed by atoms with Crippen LogP contribution in [0.5, 0.6) is 5.75 Å². The first-order valence-electron chi connectivity index (χ1n) is 8.73. The first kappa shape index (κ1) is 19.0. The number of methoxy groups -OCH3 is 1. The van der Waals surface area contributed by atoms with Crippen molar-refractivity contribution in [2.24, 2.45) is 0 Å². The van der Waals surface area contributed by atoms with Gasteiger partial charge in [0.05, 0.1) is 23.6 Å². The molecule has 27 heavy (non-hydrogen) atoms. The van der Waals surface area contributed by atoms with Crippen LogP contribution < -0.4 is 15.4 Å². The van der Waals surface area contributed by atoms with Crippen LogP contribution in [0.3, 0.4) is 0 Å². The molecule has 2 aromatic carbocycles. The Morgan fingerprint density at radius 2 is 1.89 bits per heavy atom. The summed E-state index contributed by atoms with van der Waals surface area (Å²) in [6.45, 7) is 4.61. The molecule has 1 aromatic heterocycles. The molecule has 1 amide bonds. The lowest BCUT2D eigenvalue weighted by atomic mass is 10.2. The Kier molecular flexibility index (Phi) is 6.13. The molecule has 1 heterocycles. The van der Waals surface area contributed by atoms with Crippen molar-refractivity contribution in [3.8, 4) is 5.75 Å². The molecule has 1 unspecified atom stereocenters. The molecule has 0 fully saturated rings. The lowest BCUT2D eigenvalue weighted by Gasteiger charge is -2.14. The van der Waals surface area contributed by atoms with Gasteiger partial charge in [-0.15, -0.1) is 0 Å². The van der Waals surface area contributed by atoms with Crippen LogP contribution in [0.25, 0.3) is 10.9 Å². The van der Waals surface area contributed by atoms with E-state index in [-0.39, 0.29) is 11.2 Å². The molecule has 0 saturated heterocycles. The average molecular weight is 382 g/mol. The molecule has 0 aliphatic carbocycles. The molecule has 0 radical (unpaired) electrons. The second-order valence-electron chi connectivity index (χ2n) is 5.85. The summed E-state index contributed by atoms with van der Waals surface area (Å²) in [6, 6.07) is 15.2. The highest BCUT2D eigenvalue weighted by Crippen LogP contribution is 2.28. The van der Waals surface area contributed by atoms with E-state index in [1.54, 1.807) is 7.11 Å². The number of ether oxygens (including phenoxy) is 1. The van der Waals surface area contributed by atoms with Crippen molar-refractivity contribution >= 4 is 40.1 Å². The summed E-state index contributed by atoms with van der Waals surface area (Å²) < 4.78 is 5.28. The number of amides is 1. The van der Waals surface area contributed by atoms with Gasteiger partial charge < -0.3 is 15.4 Å². The van der Waals surface area contributed by atoms with Crippen molar-refractivity contribution in [1.29, 1.82) is 0 Å². The first-order valence-corrected chi connectivity index (χ1v) is 9.61. The Balaban J connectivity index is 1.78. The molecule has 2 N–H and O–H groups in total. The maximum atomic E-state index is 12.6. The zero-order valence-corrected chi connectivity index (χ0v) is 16.3. The normalized spacial score (nSPS) is 11.8.